The Hall–Kier alpha value is -1.41. The summed E-state index contributed by atoms with van der Waals surface area (Å²) < 4.78 is 7.24. The molecule has 0 bridgehead atoms. The second-order valence-electron chi connectivity index (χ2n) is 4.86. The number of primary amides is 1. The predicted octanol–water partition coefficient (Wildman–Crippen LogP) is 0.289. The fourth-order valence-corrected chi connectivity index (χ4v) is 2.97. The van der Waals surface area contributed by atoms with Crippen LogP contribution in [-0.2, 0) is 16.6 Å². The molecule has 1 unspecified atom stereocenters. The van der Waals surface area contributed by atoms with Gasteiger partial charge in [-0.25, -0.2) is 0 Å². The quantitative estimate of drug-likeness (QED) is 0.849. The number of carbonyl (C=O) groups is 2. The standard InChI is InChI=1S/C12H17BrN4O3/c1-16-9(13)8(6-15-16)10(18)17-5-3-4-12(17,7-20-2)11(14)19/h6H,3-5,7H2,1-2H3,(H2,14,19). The summed E-state index contributed by atoms with van der Waals surface area (Å²) in [6.07, 6.45) is 2.71. The molecule has 1 aliphatic heterocycles. The third-order valence-corrected chi connectivity index (χ3v) is 4.61. The van der Waals surface area contributed by atoms with E-state index in [9.17, 15) is 9.59 Å². The lowest BCUT2D eigenvalue weighted by Crippen LogP contribution is -2.58. The molecule has 0 spiro atoms. The molecule has 0 saturated carbocycles. The van der Waals surface area contributed by atoms with Crippen LogP contribution in [0, 0.1) is 0 Å². The summed E-state index contributed by atoms with van der Waals surface area (Å²) >= 11 is 3.32. The number of methoxy groups -OCH3 is 1. The molecule has 1 aromatic rings. The number of hydrogen-bond donors (Lipinski definition) is 1. The van der Waals surface area contributed by atoms with E-state index in [2.05, 4.69) is 21.0 Å². The van der Waals surface area contributed by atoms with Crippen molar-refractivity contribution >= 4 is 27.7 Å². The van der Waals surface area contributed by atoms with Crippen LogP contribution >= 0.6 is 15.9 Å². The Morgan fingerprint density at radius 1 is 1.60 bits per heavy atom. The molecular weight excluding hydrogens is 328 g/mol. The number of carbonyl (C=O) groups excluding carboxylic acids is 2. The molecule has 2 N–H and O–H groups in total. The summed E-state index contributed by atoms with van der Waals surface area (Å²) in [4.78, 5) is 26.0. The summed E-state index contributed by atoms with van der Waals surface area (Å²) in [7, 11) is 3.22. The normalized spacial score (nSPS) is 22.2. The van der Waals surface area contributed by atoms with Crippen LogP contribution in [0.15, 0.2) is 10.8 Å². The van der Waals surface area contributed by atoms with Gasteiger partial charge in [-0.2, -0.15) is 5.10 Å². The zero-order valence-electron chi connectivity index (χ0n) is 11.4. The summed E-state index contributed by atoms with van der Waals surface area (Å²) in [5.41, 5.74) is 4.87. The van der Waals surface area contributed by atoms with Gasteiger partial charge in [-0.1, -0.05) is 0 Å². The minimum absolute atomic E-state index is 0.103. The van der Waals surface area contributed by atoms with E-state index in [1.165, 1.54) is 18.2 Å². The lowest BCUT2D eigenvalue weighted by Gasteiger charge is -2.35. The van der Waals surface area contributed by atoms with Gasteiger partial charge >= 0.3 is 0 Å². The van der Waals surface area contributed by atoms with Gasteiger partial charge in [-0.15, -0.1) is 0 Å². The second kappa shape index (κ2) is 5.53. The highest BCUT2D eigenvalue weighted by molar-refractivity contribution is 9.10. The molecule has 7 nitrogen and oxygen atoms in total. The van der Waals surface area contributed by atoms with Gasteiger partial charge in [0.05, 0.1) is 18.4 Å². The molecule has 0 radical (unpaired) electrons. The number of amides is 2. The number of halogens is 1. The Balaban J connectivity index is 2.37. The highest BCUT2D eigenvalue weighted by atomic mass is 79.9. The van der Waals surface area contributed by atoms with Crippen molar-refractivity contribution in [3.63, 3.8) is 0 Å². The van der Waals surface area contributed by atoms with Gasteiger partial charge in [0.25, 0.3) is 5.91 Å². The molecule has 1 atom stereocenters. The van der Waals surface area contributed by atoms with Gasteiger partial charge in [0.1, 0.15) is 10.1 Å². The predicted molar refractivity (Wildman–Crippen MR) is 75.0 cm³/mol. The van der Waals surface area contributed by atoms with E-state index in [0.717, 1.165) is 6.42 Å². The third-order valence-electron chi connectivity index (χ3n) is 3.67. The lowest BCUT2D eigenvalue weighted by molar-refractivity contribution is -0.130. The van der Waals surface area contributed by atoms with Crippen molar-refractivity contribution in [1.29, 1.82) is 0 Å². The smallest absolute Gasteiger partial charge is 0.259 e. The zero-order valence-corrected chi connectivity index (χ0v) is 13.0. The molecule has 2 heterocycles. The van der Waals surface area contributed by atoms with Gasteiger partial charge in [0.2, 0.25) is 5.91 Å². The number of likely N-dealkylation sites (tertiary alicyclic amines) is 1. The number of ether oxygens (including phenoxy) is 1. The molecular formula is C12H17BrN4O3. The molecule has 2 rings (SSSR count). The Morgan fingerprint density at radius 3 is 2.80 bits per heavy atom. The third kappa shape index (κ3) is 2.22. The maximum absolute atomic E-state index is 12.7. The minimum atomic E-state index is -1.07. The summed E-state index contributed by atoms with van der Waals surface area (Å²) in [5, 5.41) is 4.02. The van der Waals surface area contributed by atoms with E-state index in [4.69, 9.17) is 10.5 Å². The van der Waals surface area contributed by atoms with Gasteiger partial charge < -0.3 is 15.4 Å². The Kier molecular flexibility index (Phi) is 4.14. The van der Waals surface area contributed by atoms with E-state index in [-0.39, 0.29) is 12.5 Å². The first-order valence-electron chi connectivity index (χ1n) is 6.22. The Labute approximate surface area is 125 Å². The molecule has 1 aliphatic rings. The van der Waals surface area contributed by atoms with Crippen molar-refractivity contribution < 1.29 is 14.3 Å². The molecule has 2 amide bonds. The first-order valence-corrected chi connectivity index (χ1v) is 7.01. The number of aryl methyl sites for hydroxylation is 1. The zero-order chi connectivity index (χ0) is 14.9. The van der Waals surface area contributed by atoms with Gasteiger partial charge in [-0.05, 0) is 28.8 Å². The molecule has 8 heteroatoms. The van der Waals surface area contributed by atoms with Crippen LogP contribution < -0.4 is 5.73 Å². The van der Waals surface area contributed by atoms with Crippen molar-refractivity contribution in [3.8, 4) is 0 Å². The lowest BCUT2D eigenvalue weighted by atomic mass is 9.96. The average Bonchev–Trinajstić information content (AvgIpc) is 2.96. The highest BCUT2D eigenvalue weighted by Gasteiger charge is 2.49. The van der Waals surface area contributed by atoms with E-state index in [0.29, 0.717) is 23.1 Å². The van der Waals surface area contributed by atoms with Crippen LogP contribution in [0.3, 0.4) is 0 Å². The topological polar surface area (TPSA) is 90.4 Å². The first kappa shape index (κ1) is 15.0. The average molecular weight is 345 g/mol. The van der Waals surface area contributed by atoms with Crippen molar-refractivity contribution in [2.45, 2.75) is 18.4 Å². The largest absolute Gasteiger partial charge is 0.382 e. The molecule has 110 valence electrons. The molecule has 1 fully saturated rings. The number of aromatic nitrogens is 2. The van der Waals surface area contributed by atoms with Crippen molar-refractivity contribution in [3.05, 3.63) is 16.4 Å². The van der Waals surface area contributed by atoms with E-state index in [1.807, 2.05) is 0 Å². The fourth-order valence-electron chi connectivity index (χ4n) is 2.60. The Bertz CT molecular complexity index is 545. The van der Waals surface area contributed by atoms with E-state index in [1.54, 1.807) is 11.7 Å². The number of rotatable bonds is 4. The fraction of sp³-hybridized carbons (Fsp3) is 0.583. The molecule has 1 saturated heterocycles. The van der Waals surface area contributed by atoms with Crippen LogP contribution in [0.4, 0.5) is 0 Å². The minimum Gasteiger partial charge on any atom is -0.382 e. The number of hydrogen-bond acceptors (Lipinski definition) is 4. The maximum atomic E-state index is 12.7. The van der Waals surface area contributed by atoms with Crippen LogP contribution in [-0.4, -0.2) is 52.3 Å². The Morgan fingerprint density at radius 2 is 2.30 bits per heavy atom. The molecule has 20 heavy (non-hydrogen) atoms. The highest BCUT2D eigenvalue weighted by Crippen LogP contribution is 2.32. The monoisotopic (exact) mass is 344 g/mol. The number of nitrogens with two attached hydrogens (primary N) is 1. The second-order valence-corrected chi connectivity index (χ2v) is 5.61. The molecule has 0 aliphatic carbocycles. The van der Waals surface area contributed by atoms with Crippen LogP contribution in [0.25, 0.3) is 0 Å². The van der Waals surface area contributed by atoms with Gasteiger partial charge in [0.15, 0.2) is 0 Å². The molecule has 1 aromatic heterocycles. The summed E-state index contributed by atoms with van der Waals surface area (Å²) in [5.74, 6) is -0.802. The van der Waals surface area contributed by atoms with E-state index < -0.39 is 11.4 Å². The van der Waals surface area contributed by atoms with Crippen molar-refractivity contribution in [1.82, 2.24) is 14.7 Å². The van der Waals surface area contributed by atoms with Crippen LogP contribution in [0.1, 0.15) is 23.2 Å². The SMILES string of the molecule is COCC1(C(N)=O)CCCN1C(=O)c1cnn(C)c1Br. The summed E-state index contributed by atoms with van der Waals surface area (Å²) in [6, 6.07) is 0. The van der Waals surface area contributed by atoms with Gasteiger partial charge in [0, 0.05) is 20.7 Å². The number of nitrogens with zero attached hydrogens (tertiary/aromatic N) is 3. The van der Waals surface area contributed by atoms with Crippen molar-refractivity contribution in [2.75, 3.05) is 20.3 Å². The maximum Gasteiger partial charge on any atom is 0.259 e. The van der Waals surface area contributed by atoms with Crippen LogP contribution in [0.2, 0.25) is 0 Å². The van der Waals surface area contributed by atoms with Crippen LogP contribution in [0.5, 0.6) is 0 Å². The van der Waals surface area contributed by atoms with E-state index >= 15 is 0 Å². The summed E-state index contributed by atoms with van der Waals surface area (Å²) in [6.45, 7) is 0.582. The first-order chi connectivity index (χ1) is 9.44. The molecule has 0 aromatic carbocycles. The van der Waals surface area contributed by atoms with Gasteiger partial charge in [-0.3, -0.25) is 14.3 Å². The van der Waals surface area contributed by atoms with Crippen molar-refractivity contribution in [2.24, 2.45) is 12.8 Å².